The average Bonchev–Trinajstić information content (AvgIpc) is 1.64. The monoisotopic (exact) mass is 1330 g/mol. The lowest BCUT2D eigenvalue weighted by Gasteiger charge is -2.18. The van der Waals surface area contributed by atoms with Crippen LogP contribution in [0.5, 0.6) is 0 Å². The number of nitrogens with one attached hydrogen (secondary N) is 5. The summed E-state index contributed by atoms with van der Waals surface area (Å²) in [6.07, 6.45) is 1.74. The maximum atomic E-state index is 12.4. The summed E-state index contributed by atoms with van der Waals surface area (Å²) in [5, 5.41) is 41.1. The van der Waals surface area contributed by atoms with Crippen LogP contribution in [0.1, 0.15) is 130 Å². The van der Waals surface area contributed by atoms with E-state index < -0.39 is 73.9 Å². The summed E-state index contributed by atoms with van der Waals surface area (Å²) in [6.45, 7) is 14.3. The van der Waals surface area contributed by atoms with E-state index in [-0.39, 0.29) is 56.3 Å². The van der Waals surface area contributed by atoms with Gasteiger partial charge in [-0.25, -0.2) is 33.6 Å². The van der Waals surface area contributed by atoms with Gasteiger partial charge in [-0.1, -0.05) is 186 Å². The fraction of sp³-hybridized carbons (Fsp3) is 0.405. The third kappa shape index (κ3) is 21.5. The van der Waals surface area contributed by atoms with Crippen LogP contribution in [-0.2, 0) is 38.1 Å². The molecular formula is C74H92N6O15Si. The van der Waals surface area contributed by atoms with Gasteiger partial charge in [0.1, 0.15) is 37.9 Å². The van der Waals surface area contributed by atoms with Crippen molar-refractivity contribution in [3.05, 3.63) is 179 Å². The molecule has 0 fully saturated rings. The van der Waals surface area contributed by atoms with Crippen molar-refractivity contribution < 1.29 is 72.6 Å². The summed E-state index contributed by atoms with van der Waals surface area (Å²) in [4.78, 5) is 95.1. The molecule has 10 N–H and O–H groups in total. The van der Waals surface area contributed by atoms with Gasteiger partial charge in [0, 0.05) is 44.3 Å². The molecule has 3 atom stereocenters. The third-order valence-electron chi connectivity index (χ3n) is 16.9. The molecule has 0 aromatic heterocycles. The number of carbonyl (C=O) groups is 8. The van der Waals surface area contributed by atoms with E-state index >= 15 is 0 Å². The predicted molar refractivity (Wildman–Crippen MR) is 369 cm³/mol. The Morgan fingerprint density at radius 1 is 0.417 bits per heavy atom. The van der Waals surface area contributed by atoms with Crippen LogP contribution in [0.3, 0.4) is 0 Å². The van der Waals surface area contributed by atoms with Gasteiger partial charge in [0.2, 0.25) is 5.91 Å². The third-order valence-corrected chi connectivity index (χ3v) is 18.6. The number of rotatable bonds is 29. The highest BCUT2D eigenvalue weighted by atomic mass is 28.3. The van der Waals surface area contributed by atoms with Crippen LogP contribution in [0.4, 0.5) is 19.2 Å². The molecule has 9 rings (SSSR count). The number of hydrogen-bond donors (Lipinski definition) is 9. The minimum atomic E-state index is -1.26. The predicted octanol–water partition coefficient (Wildman–Crippen LogP) is 12.6. The zero-order valence-corrected chi connectivity index (χ0v) is 56.7. The Balaban J connectivity index is 0.000000205. The standard InChI is InChI=1S/C27H36N2O6Si.C26H32N2O5.C21H24N2O4/c1-36(2,3)17-16-34-26(32)28-15-9-8-14-24(25(30)31)29-27(33)35-18-23-21-12-6-4-10-19(21)20-11-5-7-13-22(20)23;1-26(2,3)24(31)27-15-9-8-14-22(23(29)30)28-25(32)33-16-21-19-12-6-4-10-17(19)18-11-5-7-13-20(18)21;22-12-6-5-11-19(20(24)25)23-21(26)27-13-18-16-9-3-1-7-14(16)15-8-2-4-10-17(15)18/h4-7,10-13,23-24H,8-9,14-18H2,1-3H3,(H,28,32)(H,29,33)(H,30,31);4-7,10-13,21-22H,8-9,14-16H2,1-3H3,(H,27,31)(H,28,32)(H,29,30);1-4,7-10,18-19H,5-6,11-13,22H2,(H,23,26)(H,24,25). The molecule has 3 aliphatic rings. The van der Waals surface area contributed by atoms with E-state index in [4.69, 9.17) is 24.7 Å². The zero-order chi connectivity index (χ0) is 69.4. The normalized spacial score (nSPS) is 13.4. The Labute approximate surface area is 562 Å². The molecule has 0 aliphatic heterocycles. The molecule has 22 heteroatoms. The van der Waals surface area contributed by atoms with E-state index in [1.54, 1.807) is 0 Å². The first-order chi connectivity index (χ1) is 45.9. The Kier molecular flexibility index (Phi) is 27.6. The molecule has 3 aliphatic carbocycles. The number of carbonyl (C=O) groups excluding carboxylic acids is 5. The molecule has 3 unspecified atom stereocenters. The molecule has 21 nitrogen and oxygen atoms in total. The van der Waals surface area contributed by atoms with Crippen LogP contribution in [0.15, 0.2) is 146 Å². The summed E-state index contributed by atoms with van der Waals surface area (Å²) < 4.78 is 21.5. The van der Waals surface area contributed by atoms with Gasteiger partial charge < -0.3 is 66.6 Å². The molecule has 512 valence electrons. The Morgan fingerprint density at radius 2 is 0.698 bits per heavy atom. The number of aliphatic carboxylic acids is 3. The van der Waals surface area contributed by atoms with Gasteiger partial charge >= 0.3 is 42.3 Å². The van der Waals surface area contributed by atoms with E-state index in [0.717, 1.165) is 79.2 Å². The average molecular weight is 1330 g/mol. The molecule has 6 aromatic carbocycles. The van der Waals surface area contributed by atoms with Crippen LogP contribution in [0.25, 0.3) is 33.4 Å². The number of carboxylic acids is 3. The van der Waals surface area contributed by atoms with E-state index in [9.17, 15) is 53.7 Å². The van der Waals surface area contributed by atoms with Crippen LogP contribution in [0.2, 0.25) is 25.7 Å². The fourth-order valence-corrected chi connectivity index (χ4v) is 12.4. The van der Waals surface area contributed by atoms with Crippen LogP contribution in [0, 0.1) is 5.41 Å². The largest absolute Gasteiger partial charge is 0.480 e. The topological polar surface area (TPSA) is 320 Å². The van der Waals surface area contributed by atoms with Crippen LogP contribution in [-0.4, -0.2) is 136 Å². The number of hydrogen-bond acceptors (Lipinski definition) is 13. The van der Waals surface area contributed by atoms with E-state index in [2.05, 4.69) is 82.6 Å². The van der Waals surface area contributed by atoms with Crippen LogP contribution >= 0.6 is 0 Å². The Bertz CT molecular complexity index is 3510. The number of unbranched alkanes of at least 4 members (excludes halogenated alkanes) is 3. The Hall–Kier alpha value is -9.54. The molecule has 0 bridgehead atoms. The number of benzene rings is 6. The van der Waals surface area contributed by atoms with Gasteiger partial charge in [-0.05, 0) is 137 Å². The molecule has 0 saturated heterocycles. The van der Waals surface area contributed by atoms with Crippen molar-refractivity contribution in [2.45, 2.75) is 140 Å². The van der Waals surface area contributed by atoms with Gasteiger partial charge in [-0.2, -0.15) is 0 Å². The summed E-state index contributed by atoms with van der Waals surface area (Å²) in [5.74, 6) is -3.58. The SMILES string of the molecule is CC(C)(C)C(=O)NCCCCC(NC(=O)OCC1c2ccccc2-c2ccccc21)C(=O)O.C[Si](C)(C)CCOC(=O)NCCCCC(NC(=O)OCC1c2ccccc2-c2ccccc21)C(=O)O.NCCCCC(NC(=O)OCC1c2ccccc2-c2ccccc21)C(=O)O. The van der Waals surface area contributed by atoms with Crippen molar-refractivity contribution in [1.29, 1.82) is 0 Å². The fourth-order valence-electron chi connectivity index (χ4n) is 11.7. The highest BCUT2D eigenvalue weighted by molar-refractivity contribution is 6.76. The first kappa shape index (κ1) is 73.9. The smallest absolute Gasteiger partial charge is 0.407 e. The van der Waals surface area contributed by atoms with Gasteiger partial charge in [0.05, 0.1) is 6.61 Å². The molecule has 96 heavy (non-hydrogen) atoms. The van der Waals surface area contributed by atoms with E-state index in [1.807, 2.05) is 130 Å². The van der Waals surface area contributed by atoms with Crippen molar-refractivity contribution in [3.63, 3.8) is 0 Å². The lowest BCUT2D eigenvalue weighted by atomic mass is 9.95. The second kappa shape index (κ2) is 35.8. The van der Waals surface area contributed by atoms with Crippen molar-refractivity contribution >= 4 is 56.3 Å². The highest BCUT2D eigenvalue weighted by Crippen LogP contribution is 2.47. The van der Waals surface area contributed by atoms with Crippen molar-refractivity contribution in [2.24, 2.45) is 11.1 Å². The summed E-state index contributed by atoms with van der Waals surface area (Å²) in [5.41, 5.74) is 18.4. The van der Waals surface area contributed by atoms with Gasteiger partial charge in [0.25, 0.3) is 0 Å². The van der Waals surface area contributed by atoms with E-state index in [1.165, 1.54) is 0 Å². The van der Waals surface area contributed by atoms with Gasteiger partial charge in [0.15, 0.2) is 0 Å². The Morgan fingerprint density at radius 3 is 0.969 bits per heavy atom. The number of ether oxygens (including phenoxy) is 4. The second-order valence-electron chi connectivity index (χ2n) is 26.2. The maximum absolute atomic E-state index is 12.4. The molecule has 0 radical (unpaired) electrons. The molecule has 6 aromatic rings. The number of nitrogens with two attached hydrogens (primary N) is 1. The van der Waals surface area contributed by atoms with Crippen molar-refractivity contribution in [2.75, 3.05) is 46.1 Å². The number of alkyl carbamates (subject to hydrolysis) is 4. The molecule has 0 heterocycles. The quantitative estimate of drug-likeness (QED) is 0.0120. The minimum Gasteiger partial charge on any atom is -0.480 e. The first-order valence-electron chi connectivity index (χ1n) is 32.9. The summed E-state index contributed by atoms with van der Waals surface area (Å²) >= 11 is 0. The molecule has 0 saturated carbocycles. The highest BCUT2D eigenvalue weighted by Gasteiger charge is 2.33. The summed E-state index contributed by atoms with van der Waals surface area (Å²) in [7, 11) is -1.26. The first-order valence-corrected chi connectivity index (χ1v) is 36.6. The maximum Gasteiger partial charge on any atom is 0.407 e. The summed E-state index contributed by atoms with van der Waals surface area (Å²) in [6, 6.07) is 46.0. The second-order valence-corrected chi connectivity index (χ2v) is 31.9. The zero-order valence-electron chi connectivity index (χ0n) is 55.7. The van der Waals surface area contributed by atoms with Crippen molar-refractivity contribution in [1.82, 2.24) is 26.6 Å². The van der Waals surface area contributed by atoms with E-state index in [0.29, 0.717) is 64.8 Å². The lowest BCUT2D eigenvalue weighted by Crippen LogP contribution is -2.41. The number of amides is 5. The van der Waals surface area contributed by atoms with Gasteiger partial charge in [-0.3, -0.25) is 4.79 Å². The molecular weight excluding hydrogens is 1240 g/mol. The number of carboxylic acid groups (broad SMARTS) is 3. The molecule has 5 amide bonds. The lowest BCUT2D eigenvalue weighted by molar-refractivity contribution is -0.140. The van der Waals surface area contributed by atoms with Crippen LogP contribution < -0.4 is 32.3 Å². The number of fused-ring (bicyclic) bond motifs is 9. The van der Waals surface area contributed by atoms with Gasteiger partial charge in [-0.15, -0.1) is 0 Å². The molecule has 0 spiro atoms. The van der Waals surface area contributed by atoms with Crippen molar-refractivity contribution in [3.8, 4) is 33.4 Å². The minimum absolute atomic E-state index is 0.0472.